The maximum Gasteiger partial charge on any atom is 0.319 e. The molecule has 0 aliphatic rings. The van der Waals surface area contributed by atoms with Crippen LogP contribution in [0.1, 0.15) is 11.4 Å². The lowest BCUT2D eigenvalue weighted by Crippen LogP contribution is -2.08. The lowest BCUT2D eigenvalue weighted by Gasteiger charge is -2.01. The minimum atomic E-state index is -2.93. The number of halogens is 2. The first-order chi connectivity index (χ1) is 6.00. The Labute approximate surface area is 76.7 Å². The van der Waals surface area contributed by atoms with E-state index in [1.807, 2.05) is 0 Å². The van der Waals surface area contributed by atoms with E-state index < -0.39 is 16.6 Å². The lowest BCUT2D eigenvalue weighted by molar-refractivity contribution is 0.243. The van der Waals surface area contributed by atoms with E-state index in [-0.39, 0.29) is 5.16 Å². The van der Waals surface area contributed by atoms with Gasteiger partial charge in [0.15, 0.2) is 10.8 Å². The van der Waals surface area contributed by atoms with Crippen molar-refractivity contribution < 1.29 is 13.0 Å². The molecule has 0 radical (unpaired) electrons. The first-order valence-corrected chi connectivity index (χ1v) is 4.73. The van der Waals surface area contributed by atoms with Crippen LogP contribution < -0.4 is 0 Å². The minimum absolute atomic E-state index is 0.299. The fourth-order valence-electron chi connectivity index (χ4n) is 0.863. The number of aryl methyl sites for hydroxylation is 2. The third kappa shape index (κ3) is 2.51. The van der Waals surface area contributed by atoms with Crippen molar-refractivity contribution in [2.45, 2.75) is 24.8 Å². The van der Waals surface area contributed by atoms with E-state index in [1.54, 1.807) is 19.9 Å². The Morgan fingerprint density at radius 3 is 2.15 bits per heavy atom. The van der Waals surface area contributed by atoms with Gasteiger partial charge in [0.05, 0.1) is 0 Å². The van der Waals surface area contributed by atoms with Gasteiger partial charge in [0.25, 0.3) is 0 Å². The molecule has 1 atom stereocenters. The highest BCUT2D eigenvalue weighted by Gasteiger charge is 2.18. The third-order valence-electron chi connectivity index (χ3n) is 1.30. The minimum Gasteiger partial charge on any atom is -0.245 e. The molecule has 72 valence electrons. The summed E-state index contributed by atoms with van der Waals surface area (Å²) < 4.78 is 34.9. The van der Waals surface area contributed by atoms with E-state index in [0.29, 0.717) is 11.4 Å². The summed E-state index contributed by atoms with van der Waals surface area (Å²) in [5, 5.41) is -0.299. The molecule has 0 unspecified atom stereocenters. The predicted octanol–water partition coefficient (Wildman–Crippen LogP) is 1.42. The van der Waals surface area contributed by atoms with Crippen molar-refractivity contribution in [3.8, 4) is 0 Å². The smallest absolute Gasteiger partial charge is 0.245 e. The molecule has 13 heavy (non-hydrogen) atoms. The van der Waals surface area contributed by atoms with Crippen LogP contribution in [0.2, 0.25) is 0 Å². The summed E-state index contributed by atoms with van der Waals surface area (Å²) in [5.41, 5.74) is 1.08. The average Bonchev–Trinajstić information content (AvgIpc) is 2.01. The first kappa shape index (κ1) is 10.2. The zero-order chi connectivity index (χ0) is 10.0. The van der Waals surface area contributed by atoms with Crippen LogP contribution in [0.5, 0.6) is 0 Å². The van der Waals surface area contributed by atoms with Crippen molar-refractivity contribution in [3.63, 3.8) is 0 Å². The molecule has 0 aromatic carbocycles. The SMILES string of the molecule is Cc1cc(C)nc([S@@](=O)C(F)F)n1. The van der Waals surface area contributed by atoms with Gasteiger partial charge >= 0.3 is 5.76 Å². The molecule has 0 fully saturated rings. The van der Waals surface area contributed by atoms with Gasteiger partial charge in [0, 0.05) is 11.4 Å². The summed E-state index contributed by atoms with van der Waals surface area (Å²) in [5.74, 6) is -2.93. The van der Waals surface area contributed by atoms with Gasteiger partial charge in [-0.2, -0.15) is 8.78 Å². The van der Waals surface area contributed by atoms with E-state index in [0.717, 1.165) is 0 Å². The number of nitrogens with zero attached hydrogens (tertiary/aromatic N) is 2. The largest absolute Gasteiger partial charge is 0.319 e. The van der Waals surface area contributed by atoms with Crippen LogP contribution in [0.3, 0.4) is 0 Å². The molecule has 0 aliphatic carbocycles. The van der Waals surface area contributed by atoms with Gasteiger partial charge in [-0.25, -0.2) is 14.2 Å². The predicted molar refractivity (Wildman–Crippen MR) is 43.9 cm³/mol. The standard InChI is InChI=1S/C7H8F2N2OS/c1-4-3-5(2)11-7(10-4)13(12)6(8)9/h3,6H,1-2H3/t13-/m0/s1. The number of alkyl halides is 2. The van der Waals surface area contributed by atoms with Crippen LogP contribution in [0.25, 0.3) is 0 Å². The Balaban J connectivity index is 3.08. The Kier molecular flexibility index (Phi) is 3.02. The summed E-state index contributed by atoms with van der Waals surface area (Å²) in [6, 6.07) is 1.63. The van der Waals surface area contributed by atoms with Crippen LogP contribution in [-0.2, 0) is 10.8 Å². The Bertz CT molecular complexity index is 323. The molecule has 0 saturated heterocycles. The lowest BCUT2D eigenvalue weighted by atomic mass is 10.4. The van der Waals surface area contributed by atoms with Crippen LogP contribution in [0.4, 0.5) is 8.78 Å². The first-order valence-electron chi connectivity index (χ1n) is 3.51. The second-order valence-electron chi connectivity index (χ2n) is 2.49. The van der Waals surface area contributed by atoms with Crippen molar-refractivity contribution in [1.29, 1.82) is 0 Å². The zero-order valence-corrected chi connectivity index (χ0v) is 7.94. The van der Waals surface area contributed by atoms with Gasteiger partial charge in [-0.3, -0.25) is 0 Å². The zero-order valence-electron chi connectivity index (χ0n) is 7.12. The molecule has 0 spiro atoms. The average molecular weight is 206 g/mol. The number of aromatic nitrogens is 2. The maximum absolute atomic E-state index is 12.0. The third-order valence-corrected chi connectivity index (χ3v) is 2.17. The van der Waals surface area contributed by atoms with Crippen LogP contribution >= 0.6 is 0 Å². The Morgan fingerprint density at radius 2 is 1.77 bits per heavy atom. The molecule has 0 bridgehead atoms. The van der Waals surface area contributed by atoms with Crippen molar-refractivity contribution in [2.24, 2.45) is 0 Å². The molecule has 0 saturated carbocycles. The van der Waals surface area contributed by atoms with Crippen molar-refractivity contribution in [2.75, 3.05) is 0 Å². The highest BCUT2D eigenvalue weighted by atomic mass is 32.2. The van der Waals surface area contributed by atoms with Gasteiger partial charge < -0.3 is 0 Å². The highest BCUT2D eigenvalue weighted by Crippen LogP contribution is 2.10. The fraction of sp³-hybridized carbons (Fsp3) is 0.429. The van der Waals surface area contributed by atoms with Crippen molar-refractivity contribution in [3.05, 3.63) is 17.5 Å². The molecule has 1 aromatic rings. The molecule has 1 rings (SSSR count). The fourth-order valence-corrected chi connectivity index (χ4v) is 1.49. The number of hydrogen-bond acceptors (Lipinski definition) is 3. The van der Waals surface area contributed by atoms with Crippen molar-refractivity contribution in [1.82, 2.24) is 9.97 Å². The summed E-state index contributed by atoms with van der Waals surface area (Å²) in [6.45, 7) is 3.28. The van der Waals surface area contributed by atoms with E-state index in [2.05, 4.69) is 9.97 Å². The summed E-state index contributed by atoms with van der Waals surface area (Å²) in [4.78, 5) is 7.33. The highest BCUT2D eigenvalue weighted by molar-refractivity contribution is 7.85. The Morgan fingerprint density at radius 1 is 1.31 bits per heavy atom. The molecule has 1 aromatic heterocycles. The van der Waals surface area contributed by atoms with E-state index in [4.69, 9.17) is 0 Å². The monoisotopic (exact) mass is 206 g/mol. The van der Waals surface area contributed by atoms with E-state index in [1.165, 1.54) is 0 Å². The Hall–Kier alpha value is -0.910. The molecule has 0 amide bonds. The molecule has 3 nitrogen and oxygen atoms in total. The second kappa shape index (κ2) is 3.87. The molecular weight excluding hydrogens is 198 g/mol. The topological polar surface area (TPSA) is 42.9 Å². The summed E-state index contributed by atoms with van der Waals surface area (Å²) >= 11 is 0. The maximum atomic E-state index is 12.0. The molecule has 1 heterocycles. The number of hydrogen-bond donors (Lipinski definition) is 0. The quantitative estimate of drug-likeness (QED) is 0.687. The molecule has 6 heteroatoms. The molecule has 0 aliphatic heterocycles. The van der Waals surface area contributed by atoms with Crippen molar-refractivity contribution >= 4 is 10.8 Å². The van der Waals surface area contributed by atoms with E-state index >= 15 is 0 Å². The number of rotatable bonds is 2. The molecular formula is C7H8F2N2OS. The van der Waals surface area contributed by atoms with Crippen LogP contribution in [0.15, 0.2) is 11.2 Å². The van der Waals surface area contributed by atoms with Gasteiger partial charge in [-0.1, -0.05) is 0 Å². The van der Waals surface area contributed by atoms with Crippen LogP contribution in [0, 0.1) is 13.8 Å². The van der Waals surface area contributed by atoms with Gasteiger partial charge in [0.2, 0.25) is 5.16 Å². The van der Waals surface area contributed by atoms with Gasteiger partial charge in [-0.15, -0.1) is 0 Å². The molecule has 0 N–H and O–H groups in total. The summed E-state index contributed by atoms with van der Waals surface area (Å²) in [6.07, 6.45) is 0. The van der Waals surface area contributed by atoms with Gasteiger partial charge in [0.1, 0.15) is 0 Å². The normalized spacial score (nSPS) is 13.3. The van der Waals surface area contributed by atoms with Gasteiger partial charge in [-0.05, 0) is 19.9 Å². The van der Waals surface area contributed by atoms with E-state index in [9.17, 15) is 13.0 Å². The summed E-state index contributed by atoms with van der Waals surface area (Å²) in [7, 11) is -2.41. The van der Waals surface area contributed by atoms with Crippen LogP contribution in [-0.4, -0.2) is 19.9 Å². The second-order valence-corrected chi connectivity index (χ2v) is 3.81.